The van der Waals surface area contributed by atoms with E-state index >= 15 is 0 Å². The van der Waals surface area contributed by atoms with Crippen LogP contribution in [0.3, 0.4) is 0 Å². The number of nitrogens with two attached hydrogens (primary N) is 1. The Hall–Kier alpha value is -1.77. The first kappa shape index (κ1) is 15.6. The third kappa shape index (κ3) is 3.66. The van der Waals surface area contributed by atoms with E-state index in [1.807, 2.05) is 0 Å². The molecule has 114 valence electrons. The second-order valence-electron chi connectivity index (χ2n) is 5.73. The highest BCUT2D eigenvalue weighted by Crippen LogP contribution is 2.24. The van der Waals surface area contributed by atoms with Gasteiger partial charge in [0.25, 0.3) is 0 Å². The number of anilines is 1. The van der Waals surface area contributed by atoms with Gasteiger partial charge in [0.1, 0.15) is 11.6 Å². The highest BCUT2D eigenvalue weighted by Gasteiger charge is 2.16. The fourth-order valence-corrected chi connectivity index (χ4v) is 2.74. The van der Waals surface area contributed by atoms with Gasteiger partial charge in [0.05, 0.1) is 5.69 Å². The Bertz CT molecular complexity index is 557. The number of nitrogens with zero attached hydrogens (tertiary/aromatic N) is 2. The van der Waals surface area contributed by atoms with Gasteiger partial charge in [-0.15, -0.1) is 0 Å². The molecule has 2 rings (SSSR count). The van der Waals surface area contributed by atoms with Gasteiger partial charge in [-0.3, -0.25) is 0 Å². The Morgan fingerprint density at radius 1 is 1.19 bits per heavy atom. The van der Waals surface area contributed by atoms with Crippen LogP contribution in [-0.2, 0) is 19.4 Å². The summed E-state index contributed by atoms with van der Waals surface area (Å²) in [4.78, 5) is 4.78. The highest BCUT2D eigenvalue weighted by molar-refractivity contribution is 5.39. The van der Waals surface area contributed by atoms with Gasteiger partial charge in [-0.25, -0.2) is 4.98 Å². The summed E-state index contributed by atoms with van der Waals surface area (Å²) in [5.74, 6) is 2.42. The molecule has 0 radical (unpaired) electrons. The average Bonchev–Trinajstić information content (AvgIpc) is 2.82. The molecule has 1 aromatic heterocycles. The number of hydrogen-bond acceptors (Lipinski definition) is 2. The smallest absolute Gasteiger partial charge is 0.126 e. The molecule has 2 N–H and O–H groups in total. The maximum atomic E-state index is 6.35. The maximum absolute atomic E-state index is 6.35. The molecule has 0 bridgehead atoms. The van der Waals surface area contributed by atoms with E-state index in [0.717, 1.165) is 43.1 Å². The molecule has 0 amide bonds. The maximum Gasteiger partial charge on any atom is 0.126 e. The molecule has 1 heterocycles. The van der Waals surface area contributed by atoms with Crippen LogP contribution in [0.4, 0.5) is 5.82 Å². The standard InChI is InChI=1S/C18H27N3/c1-4-6-12-21-17(5-2)20-16(18(21)19)13-14(3)15-10-8-7-9-11-15/h7-11,14H,4-6,12-13,19H2,1-3H3. The number of benzene rings is 1. The zero-order valence-corrected chi connectivity index (χ0v) is 13.5. The Kier molecular flexibility index (Phi) is 5.43. The van der Waals surface area contributed by atoms with E-state index in [9.17, 15) is 0 Å². The molecule has 1 aromatic carbocycles. The third-order valence-corrected chi connectivity index (χ3v) is 4.08. The highest BCUT2D eigenvalue weighted by atomic mass is 15.1. The molecule has 3 heteroatoms. The van der Waals surface area contributed by atoms with Crippen molar-refractivity contribution in [1.29, 1.82) is 0 Å². The van der Waals surface area contributed by atoms with Gasteiger partial charge in [0.15, 0.2) is 0 Å². The lowest BCUT2D eigenvalue weighted by atomic mass is 9.96. The third-order valence-electron chi connectivity index (χ3n) is 4.08. The van der Waals surface area contributed by atoms with Crippen LogP contribution in [0.15, 0.2) is 30.3 Å². The van der Waals surface area contributed by atoms with Crippen LogP contribution in [-0.4, -0.2) is 9.55 Å². The summed E-state index contributed by atoms with van der Waals surface area (Å²) in [6.45, 7) is 7.58. The summed E-state index contributed by atoms with van der Waals surface area (Å²) in [5, 5.41) is 0. The molecular formula is C18H27N3. The van der Waals surface area contributed by atoms with Crippen molar-refractivity contribution in [2.24, 2.45) is 0 Å². The van der Waals surface area contributed by atoms with E-state index in [1.165, 1.54) is 12.0 Å². The van der Waals surface area contributed by atoms with Crippen LogP contribution in [0.5, 0.6) is 0 Å². The summed E-state index contributed by atoms with van der Waals surface area (Å²) < 4.78 is 2.20. The predicted molar refractivity (Wildman–Crippen MR) is 89.5 cm³/mol. The largest absolute Gasteiger partial charge is 0.384 e. The van der Waals surface area contributed by atoms with Crippen molar-refractivity contribution in [2.45, 2.75) is 58.9 Å². The molecule has 0 spiro atoms. The fourth-order valence-electron chi connectivity index (χ4n) is 2.74. The molecule has 0 aliphatic heterocycles. The normalized spacial score (nSPS) is 12.5. The van der Waals surface area contributed by atoms with E-state index < -0.39 is 0 Å². The number of nitrogen functional groups attached to an aromatic ring is 1. The van der Waals surface area contributed by atoms with Gasteiger partial charge >= 0.3 is 0 Å². The van der Waals surface area contributed by atoms with Crippen molar-refractivity contribution < 1.29 is 0 Å². The van der Waals surface area contributed by atoms with Gasteiger partial charge in [0, 0.05) is 13.0 Å². The van der Waals surface area contributed by atoms with Crippen LogP contribution in [0.2, 0.25) is 0 Å². The van der Waals surface area contributed by atoms with Crippen LogP contribution in [0.1, 0.15) is 56.6 Å². The van der Waals surface area contributed by atoms with Gasteiger partial charge < -0.3 is 10.3 Å². The second kappa shape index (κ2) is 7.30. The summed E-state index contributed by atoms with van der Waals surface area (Å²) in [6, 6.07) is 10.6. The van der Waals surface area contributed by atoms with Crippen molar-refractivity contribution in [1.82, 2.24) is 9.55 Å². The molecule has 1 unspecified atom stereocenters. The summed E-state index contributed by atoms with van der Waals surface area (Å²) in [5.41, 5.74) is 8.75. The summed E-state index contributed by atoms with van der Waals surface area (Å²) >= 11 is 0. The fraction of sp³-hybridized carbons (Fsp3) is 0.500. The molecule has 0 aliphatic rings. The lowest BCUT2D eigenvalue weighted by Gasteiger charge is -2.11. The molecule has 1 atom stereocenters. The van der Waals surface area contributed by atoms with Crippen LogP contribution in [0.25, 0.3) is 0 Å². The quantitative estimate of drug-likeness (QED) is 0.829. The van der Waals surface area contributed by atoms with Crippen molar-refractivity contribution in [2.75, 3.05) is 5.73 Å². The first-order chi connectivity index (χ1) is 10.2. The van der Waals surface area contributed by atoms with Gasteiger partial charge in [0.2, 0.25) is 0 Å². The van der Waals surface area contributed by atoms with E-state index in [2.05, 4.69) is 55.7 Å². The molecular weight excluding hydrogens is 258 g/mol. The first-order valence-corrected chi connectivity index (χ1v) is 8.06. The minimum absolute atomic E-state index is 0.438. The molecule has 2 aromatic rings. The van der Waals surface area contributed by atoms with Crippen LogP contribution >= 0.6 is 0 Å². The average molecular weight is 285 g/mol. The van der Waals surface area contributed by atoms with Crippen molar-refractivity contribution >= 4 is 5.82 Å². The van der Waals surface area contributed by atoms with Crippen molar-refractivity contribution in [3.05, 3.63) is 47.4 Å². The molecule has 21 heavy (non-hydrogen) atoms. The van der Waals surface area contributed by atoms with Crippen molar-refractivity contribution in [3.8, 4) is 0 Å². The Morgan fingerprint density at radius 3 is 2.52 bits per heavy atom. The minimum Gasteiger partial charge on any atom is -0.384 e. The zero-order valence-electron chi connectivity index (χ0n) is 13.5. The molecule has 0 fully saturated rings. The summed E-state index contributed by atoms with van der Waals surface area (Å²) in [7, 11) is 0. The lowest BCUT2D eigenvalue weighted by molar-refractivity contribution is 0.612. The van der Waals surface area contributed by atoms with Gasteiger partial charge in [-0.2, -0.15) is 0 Å². The Morgan fingerprint density at radius 2 is 1.90 bits per heavy atom. The lowest BCUT2D eigenvalue weighted by Crippen LogP contribution is -2.07. The summed E-state index contributed by atoms with van der Waals surface area (Å²) in [6.07, 6.45) is 4.17. The minimum atomic E-state index is 0.438. The van der Waals surface area contributed by atoms with Crippen molar-refractivity contribution in [3.63, 3.8) is 0 Å². The van der Waals surface area contributed by atoms with Crippen LogP contribution in [0, 0.1) is 0 Å². The number of imidazole rings is 1. The number of rotatable bonds is 7. The number of hydrogen-bond donors (Lipinski definition) is 1. The topological polar surface area (TPSA) is 43.8 Å². The molecule has 0 saturated carbocycles. The second-order valence-corrected chi connectivity index (χ2v) is 5.73. The van der Waals surface area contributed by atoms with E-state index in [1.54, 1.807) is 0 Å². The Balaban J connectivity index is 2.18. The SMILES string of the molecule is CCCCn1c(CC)nc(CC(C)c2ccccc2)c1N. The van der Waals surface area contributed by atoms with E-state index in [0.29, 0.717) is 5.92 Å². The number of unbranched alkanes of at least 4 members (excludes halogenated alkanes) is 1. The van der Waals surface area contributed by atoms with E-state index in [4.69, 9.17) is 10.7 Å². The number of aryl methyl sites for hydroxylation is 1. The number of aromatic nitrogens is 2. The van der Waals surface area contributed by atoms with Gasteiger partial charge in [-0.1, -0.05) is 57.5 Å². The van der Waals surface area contributed by atoms with E-state index in [-0.39, 0.29) is 0 Å². The Labute approximate surface area is 128 Å². The van der Waals surface area contributed by atoms with Crippen LogP contribution < -0.4 is 5.73 Å². The zero-order chi connectivity index (χ0) is 15.2. The monoisotopic (exact) mass is 285 g/mol. The first-order valence-electron chi connectivity index (χ1n) is 8.06. The van der Waals surface area contributed by atoms with Gasteiger partial charge in [-0.05, 0) is 24.3 Å². The molecule has 0 aliphatic carbocycles. The molecule has 3 nitrogen and oxygen atoms in total. The molecule has 0 saturated heterocycles. The predicted octanol–water partition coefficient (Wildman–Crippen LogP) is 4.17.